The number of unbranched alkanes of at least 4 members (excludes halogenated alkanes) is 10. The molecule has 0 aromatic carbocycles. The molecule has 0 atom stereocenters. The number of hydrogen-bond donors (Lipinski definition) is 1. The molecule has 24 heavy (non-hydrogen) atoms. The van der Waals surface area contributed by atoms with Crippen LogP contribution in [0.1, 0.15) is 96.8 Å². The number of hydrogen-bond acceptors (Lipinski definition) is 3. The third-order valence-electron chi connectivity index (χ3n) is 4.00. The number of rotatable bonds is 17. The largest absolute Gasteiger partial charge is 0.481 e. The van der Waals surface area contributed by atoms with E-state index in [-0.39, 0.29) is 5.97 Å². The van der Waals surface area contributed by atoms with E-state index in [1.165, 1.54) is 32.1 Å². The molecule has 0 unspecified atom stereocenters. The van der Waals surface area contributed by atoms with Crippen molar-refractivity contribution in [3.05, 3.63) is 12.2 Å². The lowest BCUT2D eigenvalue weighted by Gasteiger charge is -2.02. The van der Waals surface area contributed by atoms with Gasteiger partial charge >= 0.3 is 11.9 Å². The first kappa shape index (κ1) is 22.7. The van der Waals surface area contributed by atoms with Crippen molar-refractivity contribution in [1.29, 1.82) is 0 Å². The van der Waals surface area contributed by atoms with E-state index in [2.05, 4.69) is 13.0 Å². The molecule has 4 nitrogen and oxygen atoms in total. The molecule has 0 aliphatic rings. The number of esters is 1. The van der Waals surface area contributed by atoms with Crippen molar-refractivity contribution in [2.45, 2.75) is 96.8 Å². The minimum absolute atomic E-state index is 0.0846. The number of carbonyl (C=O) groups is 2. The minimum Gasteiger partial charge on any atom is -0.481 e. The minimum atomic E-state index is -0.691. The zero-order chi connectivity index (χ0) is 17.9. The lowest BCUT2D eigenvalue weighted by molar-refractivity contribution is -0.142. The van der Waals surface area contributed by atoms with E-state index in [4.69, 9.17) is 9.84 Å². The van der Waals surface area contributed by atoms with Gasteiger partial charge in [-0.1, -0.05) is 70.4 Å². The second kappa shape index (κ2) is 18.0. The summed E-state index contributed by atoms with van der Waals surface area (Å²) < 4.78 is 5.15. The predicted octanol–water partition coefficient (Wildman–Crippen LogP) is 5.65. The van der Waals surface area contributed by atoms with Gasteiger partial charge in [-0.15, -0.1) is 0 Å². The molecule has 0 bridgehead atoms. The van der Waals surface area contributed by atoms with Crippen LogP contribution in [-0.2, 0) is 14.3 Å². The molecule has 0 aromatic heterocycles. The number of aliphatic carboxylic acids is 1. The molecule has 0 saturated carbocycles. The van der Waals surface area contributed by atoms with Crippen molar-refractivity contribution in [2.24, 2.45) is 0 Å². The Balaban J connectivity index is 3.23. The average Bonchev–Trinajstić information content (AvgIpc) is 2.55. The Hall–Kier alpha value is -1.32. The molecule has 0 spiro atoms. The highest BCUT2D eigenvalue weighted by Crippen LogP contribution is 2.10. The van der Waals surface area contributed by atoms with Crippen molar-refractivity contribution < 1.29 is 19.4 Å². The maximum atomic E-state index is 11.4. The summed E-state index contributed by atoms with van der Waals surface area (Å²) in [5.41, 5.74) is 0. The van der Waals surface area contributed by atoms with Crippen molar-refractivity contribution in [3.8, 4) is 0 Å². The molecule has 0 aromatic rings. The Morgan fingerprint density at radius 2 is 1.38 bits per heavy atom. The number of ether oxygens (including phenoxy) is 1. The van der Waals surface area contributed by atoms with Crippen LogP contribution in [0.15, 0.2) is 12.2 Å². The predicted molar refractivity (Wildman–Crippen MR) is 98.0 cm³/mol. The highest BCUT2D eigenvalue weighted by Gasteiger charge is 2.00. The van der Waals surface area contributed by atoms with Gasteiger partial charge in [0, 0.05) is 12.8 Å². The van der Waals surface area contributed by atoms with E-state index in [0.717, 1.165) is 44.9 Å². The molecule has 140 valence electrons. The normalized spacial score (nSPS) is 11.0. The van der Waals surface area contributed by atoms with Crippen LogP contribution in [0.5, 0.6) is 0 Å². The van der Waals surface area contributed by atoms with Crippen LogP contribution in [0.25, 0.3) is 0 Å². The second-order valence-corrected chi connectivity index (χ2v) is 6.37. The van der Waals surface area contributed by atoms with Gasteiger partial charge in [-0.25, -0.2) is 0 Å². The van der Waals surface area contributed by atoms with E-state index in [1.807, 2.05) is 6.08 Å². The van der Waals surface area contributed by atoms with Gasteiger partial charge in [0.25, 0.3) is 0 Å². The lowest BCUT2D eigenvalue weighted by atomic mass is 10.1. The summed E-state index contributed by atoms with van der Waals surface area (Å²) >= 11 is 0. The molecule has 0 saturated heterocycles. The number of allylic oxidation sites excluding steroid dienone is 1. The molecule has 4 heteroatoms. The Bertz CT molecular complexity index is 337. The number of carboxylic acids is 1. The Morgan fingerprint density at radius 3 is 2.04 bits per heavy atom. The third-order valence-corrected chi connectivity index (χ3v) is 4.00. The summed E-state index contributed by atoms with van der Waals surface area (Å²) in [6.45, 7) is 2.56. The first-order valence-electron chi connectivity index (χ1n) is 9.69. The monoisotopic (exact) mass is 340 g/mol. The molecule has 0 aliphatic heterocycles. The van der Waals surface area contributed by atoms with E-state index < -0.39 is 5.97 Å². The van der Waals surface area contributed by atoms with Crippen LogP contribution in [0, 0.1) is 0 Å². The number of carbonyl (C=O) groups excluding carboxylic acids is 1. The van der Waals surface area contributed by atoms with Gasteiger partial charge in [0.2, 0.25) is 0 Å². The first-order valence-corrected chi connectivity index (χ1v) is 9.69. The maximum Gasteiger partial charge on any atom is 0.306 e. The Labute approximate surface area is 147 Å². The van der Waals surface area contributed by atoms with Crippen molar-refractivity contribution in [3.63, 3.8) is 0 Å². The topological polar surface area (TPSA) is 63.6 Å². The van der Waals surface area contributed by atoms with E-state index in [0.29, 0.717) is 19.4 Å². The third kappa shape index (κ3) is 18.7. The Morgan fingerprint density at radius 1 is 0.792 bits per heavy atom. The SMILES string of the molecule is CCCCCCC(=O)OC/C=C/CCCCCCCCCC(=O)O. The fourth-order valence-corrected chi connectivity index (χ4v) is 2.52. The summed E-state index contributed by atoms with van der Waals surface area (Å²) in [4.78, 5) is 21.8. The molecule has 0 fully saturated rings. The van der Waals surface area contributed by atoms with Crippen LogP contribution < -0.4 is 0 Å². The van der Waals surface area contributed by atoms with Gasteiger partial charge in [0.15, 0.2) is 0 Å². The summed E-state index contributed by atoms with van der Waals surface area (Å²) in [6.07, 6.45) is 18.1. The summed E-state index contributed by atoms with van der Waals surface area (Å²) in [5.74, 6) is -0.775. The van der Waals surface area contributed by atoms with Crippen molar-refractivity contribution >= 4 is 11.9 Å². The van der Waals surface area contributed by atoms with E-state index in [9.17, 15) is 9.59 Å². The van der Waals surface area contributed by atoms with Gasteiger partial charge < -0.3 is 9.84 Å². The summed E-state index contributed by atoms with van der Waals surface area (Å²) in [6, 6.07) is 0. The molecular formula is C20H36O4. The number of carboxylic acid groups (broad SMARTS) is 1. The molecule has 1 N–H and O–H groups in total. The average molecular weight is 341 g/mol. The van der Waals surface area contributed by atoms with Crippen LogP contribution in [0.3, 0.4) is 0 Å². The molecule has 0 radical (unpaired) electrons. The fraction of sp³-hybridized carbons (Fsp3) is 0.800. The summed E-state index contributed by atoms with van der Waals surface area (Å²) in [7, 11) is 0. The van der Waals surface area contributed by atoms with Crippen molar-refractivity contribution in [1.82, 2.24) is 0 Å². The zero-order valence-electron chi connectivity index (χ0n) is 15.4. The molecular weight excluding hydrogens is 304 g/mol. The van der Waals surface area contributed by atoms with Gasteiger partial charge in [-0.3, -0.25) is 9.59 Å². The molecule has 0 aliphatic carbocycles. The van der Waals surface area contributed by atoms with Gasteiger partial charge in [0.05, 0.1) is 0 Å². The van der Waals surface area contributed by atoms with Gasteiger partial charge in [0.1, 0.15) is 6.61 Å². The smallest absolute Gasteiger partial charge is 0.306 e. The van der Waals surface area contributed by atoms with Crippen LogP contribution >= 0.6 is 0 Å². The first-order chi connectivity index (χ1) is 11.7. The quantitative estimate of drug-likeness (QED) is 0.211. The molecule has 0 amide bonds. The highest BCUT2D eigenvalue weighted by molar-refractivity contribution is 5.69. The highest BCUT2D eigenvalue weighted by atomic mass is 16.5. The second-order valence-electron chi connectivity index (χ2n) is 6.37. The zero-order valence-corrected chi connectivity index (χ0v) is 15.4. The standard InChI is InChI=1S/C20H36O4/c1-2-3-4-14-17-20(23)24-18-15-12-10-8-6-5-7-9-11-13-16-19(21)22/h12,15H,2-11,13-14,16-18H2,1H3,(H,21,22)/b15-12+. The van der Waals surface area contributed by atoms with Crippen LogP contribution in [-0.4, -0.2) is 23.7 Å². The van der Waals surface area contributed by atoms with Gasteiger partial charge in [-0.05, 0) is 25.7 Å². The van der Waals surface area contributed by atoms with Crippen LogP contribution in [0.2, 0.25) is 0 Å². The Kier molecular flexibility index (Phi) is 17.0. The summed E-state index contributed by atoms with van der Waals surface area (Å²) in [5, 5.41) is 8.53. The van der Waals surface area contributed by atoms with Gasteiger partial charge in [-0.2, -0.15) is 0 Å². The van der Waals surface area contributed by atoms with Crippen LogP contribution in [0.4, 0.5) is 0 Å². The lowest BCUT2D eigenvalue weighted by Crippen LogP contribution is -2.03. The molecule has 0 heterocycles. The van der Waals surface area contributed by atoms with E-state index >= 15 is 0 Å². The van der Waals surface area contributed by atoms with E-state index in [1.54, 1.807) is 0 Å². The fourth-order valence-electron chi connectivity index (χ4n) is 2.52. The molecule has 0 rings (SSSR count). The maximum absolute atomic E-state index is 11.4. The van der Waals surface area contributed by atoms with Crippen molar-refractivity contribution in [2.75, 3.05) is 6.61 Å².